The lowest BCUT2D eigenvalue weighted by atomic mass is 10.3. The van der Waals surface area contributed by atoms with E-state index in [9.17, 15) is 4.79 Å². The molecule has 0 aromatic carbocycles. The van der Waals surface area contributed by atoms with Gasteiger partial charge in [0, 0.05) is 26.1 Å². The zero-order valence-corrected chi connectivity index (χ0v) is 9.71. The molecule has 17 heavy (non-hydrogen) atoms. The average molecular weight is 239 g/mol. The fourth-order valence-corrected chi connectivity index (χ4v) is 1.87. The van der Waals surface area contributed by atoms with E-state index in [1.165, 1.54) is 0 Å². The van der Waals surface area contributed by atoms with Gasteiger partial charge < -0.3 is 19.3 Å². The van der Waals surface area contributed by atoms with E-state index >= 15 is 0 Å². The van der Waals surface area contributed by atoms with E-state index in [1.807, 2.05) is 4.90 Å². The number of aliphatic hydroxyl groups excluding tert-OH is 1. The Balaban J connectivity index is 1.83. The molecule has 2 rings (SSSR count). The van der Waals surface area contributed by atoms with Crippen LogP contribution in [0.4, 0.5) is 0 Å². The molecule has 1 amide bonds. The number of ether oxygens (including phenoxy) is 1. The summed E-state index contributed by atoms with van der Waals surface area (Å²) in [6.07, 6.45) is 3.68. The molecule has 6 heteroatoms. The van der Waals surface area contributed by atoms with Gasteiger partial charge in [-0.05, 0) is 0 Å². The summed E-state index contributed by atoms with van der Waals surface area (Å²) in [5.41, 5.74) is 0.736. The topological polar surface area (TPSA) is 67.6 Å². The number of carbonyl (C=O) groups is 1. The lowest BCUT2D eigenvalue weighted by Crippen LogP contribution is -2.41. The Hall–Kier alpha value is -1.40. The first-order chi connectivity index (χ1) is 8.31. The van der Waals surface area contributed by atoms with E-state index in [1.54, 1.807) is 17.1 Å². The SMILES string of the molecule is O=C(CCn1cncc1CO)N1CCOCC1. The molecule has 1 aliphatic rings. The van der Waals surface area contributed by atoms with Gasteiger partial charge in [0.15, 0.2) is 0 Å². The molecule has 1 aliphatic heterocycles. The van der Waals surface area contributed by atoms with Crippen LogP contribution in [0.2, 0.25) is 0 Å². The van der Waals surface area contributed by atoms with E-state index in [0.717, 1.165) is 5.69 Å². The fourth-order valence-electron chi connectivity index (χ4n) is 1.87. The highest BCUT2D eigenvalue weighted by molar-refractivity contribution is 5.76. The van der Waals surface area contributed by atoms with Crippen LogP contribution >= 0.6 is 0 Å². The molecule has 1 aromatic heterocycles. The van der Waals surface area contributed by atoms with E-state index in [0.29, 0.717) is 39.3 Å². The number of hydrogen-bond acceptors (Lipinski definition) is 4. The van der Waals surface area contributed by atoms with E-state index < -0.39 is 0 Å². The molecule has 0 spiro atoms. The van der Waals surface area contributed by atoms with Crippen molar-refractivity contribution in [2.45, 2.75) is 19.6 Å². The average Bonchev–Trinajstić information content (AvgIpc) is 2.84. The van der Waals surface area contributed by atoms with Gasteiger partial charge in [-0.3, -0.25) is 4.79 Å². The Kier molecular flexibility index (Phi) is 4.11. The number of hydrogen-bond donors (Lipinski definition) is 1. The first-order valence-electron chi connectivity index (χ1n) is 5.76. The molecule has 0 radical (unpaired) electrons. The molecule has 2 heterocycles. The summed E-state index contributed by atoms with van der Waals surface area (Å²) in [6, 6.07) is 0. The van der Waals surface area contributed by atoms with Crippen LogP contribution in [0.1, 0.15) is 12.1 Å². The molecular formula is C11H17N3O3. The molecule has 0 atom stereocenters. The summed E-state index contributed by atoms with van der Waals surface area (Å²) >= 11 is 0. The van der Waals surface area contributed by atoms with Crippen molar-refractivity contribution in [3.8, 4) is 0 Å². The van der Waals surface area contributed by atoms with Crippen LogP contribution in [0.5, 0.6) is 0 Å². The van der Waals surface area contributed by atoms with Crippen LogP contribution in [0, 0.1) is 0 Å². The number of aliphatic hydroxyl groups is 1. The minimum atomic E-state index is -0.0499. The summed E-state index contributed by atoms with van der Waals surface area (Å²) in [6.45, 7) is 3.11. The first kappa shape index (κ1) is 12.1. The van der Waals surface area contributed by atoms with Crippen LogP contribution in [0.15, 0.2) is 12.5 Å². The normalized spacial score (nSPS) is 16.2. The standard InChI is InChI=1S/C11H17N3O3/c15-8-10-7-12-9-14(10)2-1-11(16)13-3-5-17-6-4-13/h7,9,15H,1-6,8H2. The molecule has 1 aromatic rings. The van der Waals surface area contributed by atoms with Crippen molar-refractivity contribution in [2.24, 2.45) is 0 Å². The number of carbonyl (C=O) groups excluding carboxylic acids is 1. The van der Waals surface area contributed by atoms with Gasteiger partial charge in [-0.15, -0.1) is 0 Å². The molecule has 94 valence electrons. The minimum absolute atomic E-state index is 0.0499. The predicted octanol–water partition coefficient (Wildman–Crippen LogP) is -0.376. The molecule has 0 unspecified atom stereocenters. The number of nitrogens with zero attached hydrogens (tertiary/aromatic N) is 3. The maximum atomic E-state index is 11.9. The third-order valence-corrected chi connectivity index (χ3v) is 2.89. The van der Waals surface area contributed by atoms with Crippen LogP contribution < -0.4 is 0 Å². The number of rotatable bonds is 4. The molecular weight excluding hydrogens is 222 g/mol. The minimum Gasteiger partial charge on any atom is -0.390 e. The fraction of sp³-hybridized carbons (Fsp3) is 0.636. The van der Waals surface area contributed by atoms with E-state index in [-0.39, 0.29) is 12.5 Å². The highest BCUT2D eigenvalue weighted by Crippen LogP contribution is 2.04. The quantitative estimate of drug-likeness (QED) is 0.778. The van der Waals surface area contributed by atoms with Crippen molar-refractivity contribution in [1.82, 2.24) is 14.5 Å². The van der Waals surface area contributed by atoms with Crippen molar-refractivity contribution in [2.75, 3.05) is 26.3 Å². The van der Waals surface area contributed by atoms with Crippen LogP contribution in [-0.2, 0) is 22.7 Å². The maximum Gasteiger partial charge on any atom is 0.224 e. The molecule has 6 nitrogen and oxygen atoms in total. The summed E-state index contributed by atoms with van der Waals surface area (Å²) in [4.78, 5) is 17.6. The second-order valence-corrected chi connectivity index (χ2v) is 3.98. The number of amides is 1. The van der Waals surface area contributed by atoms with Gasteiger partial charge in [0.1, 0.15) is 0 Å². The molecule has 1 fully saturated rings. The van der Waals surface area contributed by atoms with Crippen molar-refractivity contribution < 1.29 is 14.6 Å². The highest BCUT2D eigenvalue weighted by atomic mass is 16.5. The van der Waals surface area contributed by atoms with Crippen molar-refractivity contribution in [3.05, 3.63) is 18.2 Å². The van der Waals surface area contributed by atoms with Gasteiger partial charge in [-0.25, -0.2) is 4.98 Å². The lowest BCUT2D eigenvalue weighted by molar-refractivity contribution is -0.135. The monoisotopic (exact) mass is 239 g/mol. The van der Waals surface area contributed by atoms with Gasteiger partial charge in [0.2, 0.25) is 5.91 Å². The zero-order chi connectivity index (χ0) is 12.1. The van der Waals surface area contributed by atoms with Crippen LogP contribution in [-0.4, -0.2) is 51.8 Å². The van der Waals surface area contributed by atoms with Crippen molar-refractivity contribution in [1.29, 1.82) is 0 Å². The highest BCUT2D eigenvalue weighted by Gasteiger charge is 2.16. The van der Waals surface area contributed by atoms with Gasteiger partial charge in [0.05, 0.1) is 38.0 Å². The molecule has 0 aliphatic carbocycles. The summed E-state index contributed by atoms with van der Waals surface area (Å²) in [5.74, 6) is 0.130. The predicted molar refractivity (Wildman–Crippen MR) is 60.2 cm³/mol. The molecule has 1 saturated heterocycles. The number of morpholine rings is 1. The van der Waals surface area contributed by atoms with Gasteiger partial charge in [0.25, 0.3) is 0 Å². The first-order valence-corrected chi connectivity index (χ1v) is 5.76. The van der Waals surface area contributed by atoms with Crippen molar-refractivity contribution >= 4 is 5.91 Å². The van der Waals surface area contributed by atoms with Gasteiger partial charge in [-0.1, -0.05) is 0 Å². The Morgan fingerprint density at radius 2 is 2.24 bits per heavy atom. The van der Waals surface area contributed by atoms with Crippen LogP contribution in [0.3, 0.4) is 0 Å². The number of imidazole rings is 1. The Morgan fingerprint density at radius 1 is 1.47 bits per heavy atom. The van der Waals surface area contributed by atoms with Gasteiger partial charge in [-0.2, -0.15) is 0 Å². The maximum absolute atomic E-state index is 11.9. The zero-order valence-electron chi connectivity index (χ0n) is 9.71. The third kappa shape index (κ3) is 3.04. The van der Waals surface area contributed by atoms with E-state index in [2.05, 4.69) is 4.98 Å². The Morgan fingerprint density at radius 3 is 2.94 bits per heavy atom. The molecule has 0 saturated carbocycles. The second kappa shape index (κ2) is 5.79. The Bertz CT molecular complexity index is 372. The third-order valence-electron chi connectivity index (χ3n) is 2.89. The van der Waals surface area contributed by atoms with Crippen LogP contribution in [0.25, 0.3) is 0 Å². The molecule has 1 N–H and O–H groups in total. The summed E-state index contributed by atoms with van der Waals surface area (Å²) in [5, 5.41) is 9.05. The lowest BCUT2D eigenvalue weighted by Gasteiger charge is -2.27. The number of aromatic nitrogens is 2. The van der Waals surface area contributed by atoms with Crippen molar-refractivity contribution in [3.63, 3.8) is 0 Å². The second-order valence-electron chi connectivity index (χ2n) is 3.98. The Labute approximate surface area is 99.8 Å². The molecule has 0 bridgehead atoms. The summed E-state index contributed by atoms with van der Waals surface area (Å²) < 4.78 is 7.00. The summed E-state index contributed by atoms with van der Waals surface area (Å²) in [7, 11) is 0. The van der Waals surface area contributed by atoms with E-state index in [4.69, 9.17) is 9.84 Å². The largest absolute Gasteiger partial charge is 0.390 e. The number of aryl methyl sites for hydroxylation is 1. The smallest absolute Gasteiger partial charge is 0.224 e. The van der Waals surface area contributed by atoms with Gasteiger partial charge >= 0.3 is 0 Å².